The van der Waals surface area contributed by atoms with Gasteiger partial charge in [-0.1, -0.05) is 54.6 Å². The summed E-state index contributed by atoms with van der Waals surface area (Å²) in [7, 11) is 0. The molecule has 2 aliphatic carbocycles. The zero-order valence-electron chi connectivity index (χ0n) is 15.1. The number of carboxylic acids is 1. The number of urea groups is 1. The van der Waals surface area contributed by atoms with Crippen LogP contribution < -0.4 is 10.6 Å². The van der Waals surface area contributed by atoms with Gasteiger partial charge in [-0.2, -0.15) is 0 Å². The predicted molar refractivity (Wildman–Crippen MR) is 103 cm³/mol. The highest BCUT2D eigenvalue weighted by atomic mass is 16.4. The number of benzene rings is 2. The molecular formula is C22H24N2O3. The third-order valence-corrected chi connectivity index (χ3v) is 5.70. The average Bonchev–Trinajstić information content (AvgIpc) is 3.16. The third kappa shape index (κ3) is 3.97. The highest BCUT2D eigenvalue weighted by Crippen LogP contribution is 2.56. The van der Waals surface area contributed by atoms with E-state index in [-0.39, 0.29) is 24.5 Å². The molecule has 1 saturated carbocycles. The van der Waals surface area contributed by atoms with Gasteiger partial charge in [0.25, 0.3) is 0 Å². The minimum atomic E-state index is -0.844. The Kier molecular flexibility index (Phi) is 4.84. The van der Waals surface area contributed by atoms with Crippen molar-refractivity contribution >= 4 is 12.0 Å². The molecule has 5 nitrogen and oxygen atoms in total. The molecule has 0 bridgehead atoms. The van der Waals surface area contributed by atoms with Gasteiger partial charge in [0.05, 0.1) is 0 Å². The number of carboxylic acid groups (broad SMARTS) is 1. The maximum absolute atomic E-state index is 12.5. The van der Waals surface area contributed by atoms with Crippen molar-refractivity contribution in [2.24, 2.45) is 5.92 Å². The Balaban J connectivity index is 1.34. The number of fused-ring (bicyclic) bond motifs is 3. The van der Waals surface area contributed by atoms with E-state index in [1.807, 2.05) is 30.3 Å². The SMILES string of the molecule is O=C(O)CCC(Cc1ccccc1)NC(=O)NC1C2Cc3ccccc3C21. The Morgan fingerprint density at radius 3 is 2.59 bits per heavy atom. The quantitative estimate of drug-likeness (QED) is 0.706. The standard InChI is InChI=1S/C22H24N2O3/c25-19(26)11-10-16(12-14-6-2-1-3-7-14)23-22(27)24-21-18-13-15-8-4-5-9-17(15)20(18)21/h1-9,16,18,20-21H,10-13H2,(H,25,26)(H2,23,24,27). The Morgan fingerprint density at radius 1 is 1.07 bits per heavy atom. The lowest BCUT2D eigenvalue weighted by Gasteiger charge is -2.19. The van der Waals surface area contributed by atoms with Gasteiger partial charge in [0.1, 0.15) is 0 Å². The lowest BCUT2D eigenvalue weighted by atomic mass is 10.0. The summed E-state index contributed by atoms with van der Waals surface area (Å²) < 4.78 is 0. The summed E-state index contributed by atoms with van der Waals surface area (Å²) in [5.41, 5.74) is 3.85. The first-order chi connectivity index (χ1) is 13.1. The van der Waals surface area contributed by atoms with Gasteiger partial charge in [-0.3, -0.25) is 4.79 Å². The Hall–Kier alpha value is -2.82. The van der Waals surface area contributed by atoms with Crippen LogP contribution in [-0.2, 0) is 17.6 Å². The number of nitrogens with one attached hydrogen (secondary N) is 2. The number of hydrogen-bond acceptors (Lipinski definition) is 2. The van der Waals surface area contributed by atoms with E-state index in [4.69, 9.17) is 5.11 Å². The number of hydrogen-bond donors (Lipinski definition) is 3. The fourth-order valence-corrected chi connectivity index (χ4v) is 4.35. The van der Waals surface area contributed by atoms with Crippen LogP contribution in [0.2, 0.25) is 0 Å². The fraction of sp³-hybridized carbons (Fsp3) is 0.364. The lowest BCUT2D eigenvalue weighted by molar-refractivity contribution is -0.137. The molecule has 0 aliphatic heterocycles. The van der Waals surface area contributed by atoms with Crippen LogP contribution in [0.3, 0.4) is 0 Å². The van der Waals surface area contributed by atoms with Crippen LogP contribution in [0.4, 0.5) is 4.79 Å². The molecule has 1 fully saturated rings. The molecule has 4 unspecified atom stereocenters. The van der Waals surface area contributed by atoms with Crippen LogP contribution in [0.5, 0.6) is 0 Å². The van der Waals surface area contributed by atoms with Crippen molar-refractivity contribution in [2.45, 2.75) is 43.7 Å². The van der Waals surface area contributed by atoms with E-state index in [1.54, 1.807) is 0 Å². The monoisotopic (exact) mass is 364 g/mol. The molecule has 0 aromatic heterocycles. The molecule has 140 valence electrons. The number of aliphatic carboxylic acids is 1. The highest BCUT2D eigenvalue weighted by Gasteiger charge is 2.56. The first-order valence-electron chi connectivity index (χ1n) is 9.52. The Morgan fingerprint density at radius 2 is 1.81 bits per heavy atom. The molecule has 0 heterocycles. The molecule has 0 radical (unpaired) electrons. The zero-order chi connectivity index (χ0) is 18.8. The second-order valence-corrected chi connectivity index (χ2v) is 7.56. The zero-order valence-corrected chi connectivity index (χ0v) is 15.1. The van der Waals surface area contributed by atoms with Gasteiger partial charge >= 0.3 is 12.0 Å². The summed E-state index contributed by atoms with van der Waals surface area (Å²) in [4.78, 5) is 23.5. The molecule has 5 heteroatoms. The summed E-state index contributed by atoms with van der Waals surface area (Å²) in [6.45, 7) is 0. The smallest absolute Gasteiger partial charge is 0.315 e. The molecule has 4 rings (SSSR count). The van der Waals surface area contributed by atoms with Crippen molar-refractivity contribution in [3.8, 4) is 0 Å². The summed E-state index contributed by atoms with van der Waals surface area (Å²) in [6.07, 6.45) is 2.11. The van der Waals surface area contributed by atoms with Gasteiger partial charge in [-0.25, -0.2) is 4.79 Å². The van der Waals surface area contributed by atoms with Crippen LogP contribution in [0.25, 0.3) is 0 Å². The summed E-state index contributed by atoms with van der Waals surface area (Å²) in [5, 5.41) is 15.1. The number of carbonyl (C=O) groups excluding carboxylic acids is 1. The Labute approximate surface area is 158 Å². The van der Waals surface area contributed by atoms with Crippen LogP contribution in [0.1, 0.15) is 35.4 Å². The minimum Gasteiger partial charge on any atom is -0.481 e. The van der Waals surface area contributed by atoms with E-state index >= 15 is 0 Å². The maximum Gasteiger partial charge on any atom is 0.315 e. The molecule has 0 saturated heterocycles. The number of rotatable bonds is 7. The molecule has 4 atom stereocenters. The largest absolute Gasteiger partial charge is 0.481 e. The third-order valence-electron chi connectivity index (χ3n) is 5.70. The molecule has 0 spiro atoms. The van der Waals surface area contributed by atoms with Gasteiger partial charge < -0.3 is 15.7 Å². The van der Waals surface area contributed by atoms with Crippen molar-refractivity contribution in [1.29, 1.82) is 0 Å². The lowest BCUT2D eigenvalue weighted by Crippen LogP contribution is -2.45. The first-order valence-corrected chi connectivity index (χ1v) is 9.52. The predicted octanol–water partition coefficient (Wildman–Crippen LogP) is 3.10. The molecule has 2 aromatic rings. The van der Waals surface area contributed by atoms with E-state index in [0.717, 1.165) is 12.0 Å². The molecule has 2 aliphatic rings. The van der Waals surface area contributed by atoms with Crippen molar-refractivity contribution in [1.82, 2.24) is 10.6 Å². The van der Waals surface area contributed by atoms with Crippen molar-refractivity contribution in [2.75, 3.05) is 0 Å². The van der Waals surface area contributed by atoms with Crippen LogP contribution in [0.15, 0.2) is 54.6 Å². The Bertz CT molecular complexity index is 836. The highest BCUT2D eigenvalue weighted by molar-refractivity contribution is 5.76. The van der Waals surface area contributed by atoms with Crippen molar-refractivity contribution in [3.63, 3.8) is 0 Å². The van der Waals surface area contributed by atoms with Crippen LogP contribution in [-0.4, -0.2) is 29.2 Å². The molecular weight excluding hydrogens is 340 g/mol. The van der Waals surface area contributed by atoms with Gasteiger partial charge in [0.15, 0.2) is 0 Å². The van der Waals surface area contributed by atoms with Gasteiger partial charge in [-0.05, 0) is 41.9 Å². The van der Waals surface area contributed by atoms with E-state index in [9.17, 15) is 9.59 Å². The van der Waals surface area contributed by atoms with Gasteiger partial charge in [-0.15, -0.1) is 0 Å². The van der Waals surface area contributed by atoms with Crippen LogP contribution in [0, 0.1) is 5.92 Å². The van der Waals surface area contributed by atoms with E-state index < -0.39 is 5.97 Å². The summed E-state index contributed by atoms with van der Waals surface area (Å²) in [5.74, 6) is 0.0851. The number of amides is 2. The summed E-state index contributed by atoms with van der Waals surface area (Å²) in [6, 6.07) is 18.1. The second kappa shape index (κ2) is 7.43. The normalized spacial score (nSPS) is 23.0. The van der Waals surface area contributed by atoms with Crippen LogP contribution >= 0.6 is 0 Å². The van der Waals surface area contributed by atoms with E-state index in [2.05, 4.69) is 34.9 Å². The minimum absolute atomic E-state index is 0.0415. The maximum atomic E-state index is 12.5. The molecule has 2 amide bonds. The van der Waals surface area contributed by atoms with Gasteiger partial charge in [0.2, 0.25) is 0 Å². The van der Waals surface area contributed by atoms with Crippen molar-refractivity contribution in [3.05, 3.63) is 71.3 Å². The van der Waals surface area contributed by atoms with E-state index in [0.29, 0.717) is 24.7 Å². The topological polar surface area (TPSA) is 78.4 Å². The molecule has 2 aromatic carbocycles. The average molecular weight is 364 g/mol. The number of carbonyl (C=O) groups is 2. The summed E-state index contributed by atoms with van der Waals surface area (Å²) >= 11 is 0. The molecule has 3 N–H and O–H groups in total. The van der Waals surface area contributed by atoms with Gasteiger partial charge in [0, 0.05) is 24.4 Å². The van der Waals surface area contributed by atoms with E-state index in [1.165, 1.54) is 11.1 Å². The second-order valence-electron chi connectivity index (χ2n) is 7.56. The molecule has 27 heavy (non-hydrogen) atoms. The fourth-order valence-electron chi connectivity index (χ4n) is 4.35. The first kappa shape index (κ1) is 17.6. The van der Waals surface area contributed by atoms with Crippen molar-refractivity contribution < 1.29 is 14.7 Å².